The van der Waals surface area contributed by atoms with Gasteiger partial charge in [0.05, 0.1) is 25.3 Å². The van der Waals surface area contributed by atoms with E-state index in [0.29, 0.717) is 44.3 Å². The highest BCUT2D eigenvalue weighted by Crippen LogP contribution is 2.35. The Bertz CT molecular complexity index is 1210. The number of amides is 2. The molecule has 39 heavy (non-hydrogen) atoms. The summed E-state index contributed by atoms with van der Waals surface area (Å²) < 4.78 is 17.4. The molecule has 9 heteroatoms. The number of urea groups is 1. The number of benzene rings is 2. The van der Waals surface area contributed by atoms with Crippen LogP contribution in [-0.2, 0) is 0 Å². The zero-order chi connectivity index (χ0) is 27.6. The van der Waals surface area contributed by atoms with Gasteiger partial charge < -0.3 is 29.3 Å². The van der Waals surface area contributed by atoms with Gasteiger partial charge in [0, 0.05) is 43.3 Å². The van der Waals surface area contributed by atoms with Gasteiger partial charge in [-0.05, 0) is 50.6 Å². The zero-order valence-corrected chi connectivity index (χ0v) is 23.6. The molecule has 0 radical (unpaired) electrons. The third kappa shape index (κ3) is 7.65. The van der Waals surface area contributed by atoms with Gasteiger partial charge in [-0.15, -0.1) is 0 Å². The fourth-order valence-corrected chi connectivity index (χ4v) is 4.68. The van der Waals surface area contributed by atoms with Crippen LogP contribution in [0.25, 0.3) is 10.9 Å². The molecule has 1 aliphatic heterocycles. The van der Waals surface area contributed by atoms with Crippen molar-refractivity contribution >= 4 is 28.4 Å². The van der Waals surface area contributed by atoms with Gasteiger partial charge >= 0.3 is 6.03 Å². The van der Waals surface area contributed by atoms with Gasteiger partial charge in [-0.2, -0.15) is 0 Å². The molecule has 1 aliphatic rings. The minimum absolute atomic E-state index is 0.107. The van der Waals surface area contributed by atoms with Crippen LogP contribution in [0.1, 0.15) is 52.9 Å². The minimum atomic E-state index is -0.113. The largest absolute Gasteiger partial charge is 0.493 e. The van der Waals surface area contributed by atoms with Gasteiger partial charge in [0.2, 0.25) is 0 Å². The molecule has 0 bridgehead atoms. The van der Waals surface area contributed by atoms with Gasteiger partial charge in [0.15, 0.2) is 11.5 Å². The Morgan fingerprint density at radius 3 is 2.41 bits per heavy atom. The summed E-state index contributed by atoms with van der Waals surface area (Å²) in [4.78, 5) is 26.0. The van der Waals surface area contributed by atoms with E-state index in [1.807, 2.05) is 55.1 Å². The molecule has 3 aromatic rings. The molecule has 1 N–H and O–H groups in total. The topological polar surface area (TPSA) is 89.1 Å². The van der Waals surface area contributed by atoms with Crippen molar-refractivity contribution in [2.24, 2.45) is 0 Å². The average Bonchev–Trinajstić information content (AvgIpc) is 2.95. The van der Waals surface area contributed by atoms with E-state index < -0.39 is 0 Å². The Hall–Kier alpha value is -3.75. The molecule has 210 valence electrons. The number of hydrogen-bond donors (Lipinski definition) is 1. The summed E-state index contributed by atoms with van der Waals surface area (Å²) in [7, 11) is 1.65. The summed E-state index contributed by atoms with van der Waals surface area (Å²) in [5.41, 5.74) is 1.55. The fourth-order valence-electron chi connectivity index (χ4n) is 4.68. The number of hydrogen-bond acceptors (Lipinski definition) is 7. The summed E-state index contributed by atoms with van der Waals surface area (Å²) in [6.07, 6.45) is 7.61. The van der Waals surface area contributed by atoms with Crippen molar-refractivity contribution in [2.45, 2.75) is 59.0 Å². The monoisotopic (exact) mass is 535 g/mol. The van der Waals surface area contributed by atoms with Gasteiger partial charge in [-0.25, -0.2) is 14.8 Å². The molecule has 1 fully saturated rings. The summed E-state index contributed by atoms with van der Waals surface area (Å²) >= 11 is 0. The van der Waals surface area contributed by atoms with Crippen molar-refractivity contribution in [3.05, 3.63) is 42.7 Å². The quantitative estimate of drug-likeness (QED) is 0.279. The molecule has 2 heterocycles. The lowest BCUT2D eigenvalue weighted by Crippen LogP contribution is -2.50. The highest BCUT2D eigenvalue weighted by molar-refractivity contribution is 5.92. The number of carbonyl (C=O) groups is 1. The molecule has 9 nitrogen and oxygen atoms in total. The highest BCUT2D eigenvalue weighted by Gasteiger charge is 2.24. The molecule has 0 spiro atoms. The van der Waals surface area contributed by atoms with Crippen LogP contribution in [0.3, 0.4) is 0 Å². The smallest absolute Gasteiger partial charge is 0.321 e. The van der Waals surface area contributed by atoms with E-state index >= 15 is 0 Å². The Morgan fingerprint density at radius 2 is 1.72 bits per heavy atom. The Kier molecular flexibility index (Phi) is 10.1. The van der Waals surface area contributed by atoms with Crippen LogP contribution in [0.4, 0.5) is 16.3 Å². The maximum Gasteiger partial charge on any atom is 0.321 e. The number of nitrogens with one attached hydrogen (secondary N) is 1. The van der Waals surface area contributed by atoms with E-state index in [1.165, 1.54) is 25.7 Å². The van der Waals surface area contributed by atoms with Crippen LogP contribution in [-0.4, -0.2) is 66.9 Å². The lowest BCUT2D eigenvalue weighted by molar-refractivity contribution is 0.208. The molecule has 0 unspecified atom stereocenters. The lowest BCUT2D eigenvalue weighted by Gasteiger charge is -2.35. The van der Waals surface area contributed by atoms with Crippen LogP contribution in [0.5, 0.6) is 17.2 Å². The number of unbranched alkanes of at least 4 members (excludes halogenated alkanes) is 4. The number of rotatable bonds is 12. The number of piperazine rings is 1. The van der Waals surface area contributed by atoms with Crippen molar-refractivity contribution in [2.75, 3.05) is 50.1 Å². The highest BCUT2D eigenvalue weighted by atomic mass is 16.5. The van der Waals surface area contributed by atoms with Crippen LogP contribution in [0, 0.1) is 0 Å². The van der Waals surface area contributed by atoms with Crippen LogP contribution >= 0.6 is 0 Å². The number of methoxy groups -OCH3 is 1. The Balaban J connectivity index is 1.36. The molecule has 0 atom stereocenters. The van der Waals surface area contributed by atoms with Crippen molar-refractivity contribution < 1.29 is 19.0 Å². The number of aromatic nitrogens is 2. The molecular weight excluding hydrogens is 494 g/mol. The first-order valence-corrected chi connectivity index (χ1v) is 14.0. The number of nitrogens with zero attached hydrogens (tertiary/aromatic N) is 4. The molecule has 0 saturated carbocycles. The molecule has 1 saturated heterocycles. The second-order valence-corrected chi connectivity index (χ2v) is 10.1. The minimum Gasteiger partial charge on any atom is -0.493 e. The van der Waals surface area contributed by atoms with Crippen molar-refractivity contribution in [3.63, 3.8) is 0 Å². The third-order valence-electron chi connectivity index (χ3n) is 6.75. The van der Waals surface area contributed by atoms with Crippen LogP contribution in [0.2, 0.25) is 0 Å². The Morgan fingerprint density at radius 1 is 0.974 bits per heavy atom. The fraction of sp³-hybridized carbons (Fsp3) is 0.500. The van der Waals surface area contributed by atoms with E-state index in [-0.39, 0.29) is 12.1 Å². The number of carbonyl (C=O) groups excluding carboxylic acids is 1. The summed E-state index contributed by atoms with van der Waals surface area (Å²) in [5.74, 6) is 3.00. The maximum atomic E-state index is 12.9. The first-order valence-electron chi connectivity index (χ1n) is 14.0. The zero-order valence-electron chi connectivity index (χ0n) is 23.6. The van der Waals surface area contributed by atoms with Gasteiger partial charge in [0.25, 0.3) is 0 Å². The van der Waals surface area contributed by atoms with E-state index in [0.717, 1.165) is 34.6 Å². The predicted octanol–water partition coefficient (Wildman–Crippen LogP) is 6.13. The normalized spacial score (nSPS) is 13.6. The number of fused-ring (bicyclic) bond motifs is 1. The Labute approximate surface area is 231 Å². The maximum absolute atomic E-state index is 12.9. The lowest BCUT2D eigenvalue weighted by atomic mass is 10.1. The predicted molar refractivity (Wildman–Crippen MR) is 155 cm³/mol. The molecule has 1 aromatic heterocycles. The third-order valence-corrected chi connectivity index (χ3v) is 6.75. The van der Waals surface area contributed by atoms with Gasteiger partial charge in [0.1, 0.15) is 17.9 Å². The molecule has 4 rings (SSSR count). The van der Waals surface area contributed by atoms with Crippen molar-refractivity contribution in [3.8, 4) is 17.2 Å². The van der Waals surface area contributed by atoms with Gasteiger partial charge in [-0.1, -0.05) is 32.6 Å². The molecule has 2 amide bonds. The van der Waals surface area contributed by atoms with Crippen molar-refractivity contribution in [1.82, 2.24) is 14.9 Å². The van der Waals surface area contributed by atoms with Crippen LogP contribution < -0.4 is 24.4 Å². The summed E-state index contributed by atoms with van der Waals surface area (Å²) in [6, 6.07) is 11.2. The molecular formula is C30H41N5O4. The molecule has 2 aromatic carbocycles. The number of ether oxygens (including phenoxy) is 3. The SMILES string of the molecule is CCCCCCCOc1cc2ncnc(N3CCN(C(=O)Nc4ccc(OC(C)C)cc4)CC3)c2cc1OC. The van der Waals surface area contributed by atoms with E-state index in [9.17, 15) is 4.79 Å². The first-order chi connectivity index (χ1) is 19.0. The first kappa shape index (κ1) is 28.3. The summed E-state index contributed by atoms with van der Waals surface area (Å²) in [6.45, 7) is 9.35. The number of anilines is 2. The van der Waals surface area contributed by atoms with E-state index in [1.54, 1.807) is 13.4 Å². The van der Waals surface area contributed by atoms with Crippen LogP contribution in [0.15, 0.2) is 42.7 Å². The van der Waals surface area contributed by atoms with Gasteiger partial charge in [-0.3, -0.25) is 0 Å². The second-order valence-electron chi connectivity index (χ2n) is 10.1. The standard InChI is InChI=1S/C30H41N5O4/c1-5-6-7-8-9-18-38-28-20-26-25(19-27(28)37-4)29(32-21-31-26)34-14-16-35(17-15-34)30(36)33-23-10-12-24(13-11-23)39-22(2)3/h10-13,19-22H,5-9,14-18H2,1-4H3,(H,33,36). The second kappa shape index (κ2) is 13.9. The molecule has 0 aliphatic carbocycles. The van der Waals surface area contributed by atoms with E-state index in [4.69, 9.17) is 14.2 Å². The summed E-state index contributed by atoms with van der Waals surface area (Å²) in [5, 5.41) is 3.89. The average molecular weight is 536 g/mol. The van der Waals surface area contributed by atoms with Crippen molar-refractivity contribution in [1.29, 1.82) is 0 Å². The van der Waals surface area contributed by atoms with E-state index in [2.05, 4.69) is 27.1 Å².